The number of nitrogens with one attached hydrogen (secondary N) is 1. The number of rotatable bonds is 71. The van der Waals surface area contributed by atoms with E-state index in [-0.39, 0.29) is 18.5 Å². The van der Waals surface area contributed by atoms with Crippen LogP contribution < -0.4 is 5.32 Å². The van der Waals surface area contributed by atoms with E-state index in [1.807, 2.05) is 6.08 Å². The Balaban J connectivity index is 3.30. The standard InChI is InChI=1S/C75H147NO5/c1-3-5-7-9-11-13-15-17-19-37-41-45-49-53-57-61-65-69-75(80)81-70-66-62-58-54-50-46-42-39-36-34-32-30-28-26-24-22-20-21-23-25-27-29-31-33-35-38-40-44-48-52-56-60-64-68-74(79)76-72(71-77)73(78)67-63-59-55-51-47-43-18-16-14-12-10-8-6-4-2/h63,67,72-73,77-78H,3-62,64-66,68-71H2,1-2H3,(H,76,79)/b67-63+. The number of allylic oxidation sites excluding steroid dienone is 1. The van der Waals surface area contributed by atoms with Crippen LogP contribution in [0.5, 0.6) is 0 Å². The van der Waals surface area contributed by atoms with E-state index in [2.05, 4.69) is 19.2 Å². The molecule has 482 valence electrons. The molecule has 6 heteroatoms. The molecule has 2 unspecified atom stereocenters. The summed E-state index contributed by atoms with van der Waals surface area (Å²) in [6.45, 7) is 4.95. The third kappa shape index (κ3) is 67.6. The van der Waals surface area contributed by atoms with Gasteiger partial charge in [0.15, 0.2) is 0 Å². The van der Waals surface area contributed by atoms with Gasteiger partial charge in [-0.3, -0.25) is 9.59 Å². The fraction of sp³-hybridized carbons (Fsp3) is 0.947. The van der Waals surface area contributed by atoms with Crippen molar-refractivity contribution in [2.75, 3.05) is 13.2 Å². The molecule has 0 spiro atoms. The van der Waals surface area contributed by atoms with Gasteiger partial charge in [-0.25, -0.2) is 0 Å². The Kier molecular flexibility index (Phi) is 69.9. The molecule has 0 aromatic rings. The molecular weight excluding hydrogens is 995 g/mol. The maximum absolute atomic E-state index is 12.5. The summed E-state index contributed by atoms with van der Waals surface area (Å²) in [5, 5.41) is 23.2. The van der Waals surface area contributed by atoms with Crippen LogP contribution in [0.25, 0.3) is 0 Å². The molecule has 0 aliphatic rings. The molecule has 81 heavy (non-hydrogen) atoms. The van der Waals surface area contributed by atoms with Crippen LogP contribution >= 0.6 is 0 Å². The predicted octanol–water partition coefficient (Wildman–Crippen LogP) is 24.3. The van der Waals surface area contributed by atoms with Gasteiger partial charge in [-0.2, -0.15) is 0 Å². The van der Waals surface area contributed by atoms with Gasteiger partial charge in [-0.1, -0.05) is 398 Å². The summed E-state index contributed by atoms with van der Waals surface area (Å²) < 4.78 is 5.51. The first-order chi connectivity index (χ1) is 40.0. The van der Waals surface area contributed by atoms with E-state index < -0.39 is 12.1 Å². The molecule has 0 bridgehead atoms. The van der Waals surface area contributed by atoms with Gasteiger partial charge >= 0.3 is 5.97 Å². The Morgan fingerprint density at radius 3 is 0.840 bits per heavy atom. The SMILES string of the molecule is CCCCCCCCCCCCCC/C=C/C(O)C(CO)NC(=O)CCCCCCCCCCCCCCCCCCCCCCCCCCCCCCCCCCCOC(=O)CCCCCCCCCCCCCCCCCCC. The highest BCUT2D eigenvalue weighted by Crippen LogP contribution is 2.20. The van der Waals surface area contributed by atoms with Crippen LogP contribution in [-0.2, 0) is 14.3 Å². The van der Waals surface area contributed by atoms with Gasteiger partial charge in [0.05, 0.1) is 25.4 Å². The largest absolute Gasteiger partial charge is 0.466 e. The van der Waals surface area contributed by atoms with Crippen LogP contribution in [0.4, 0.5) is 0 Å². The van der Waals surface area contributed by atoms with E-state index >= 15 is 0 Å². The van der Waals surface area contributed by atoms with Crippen molar-refractivity contribution in [3.8, 4) is 0 Å². The number of carbonyl (C=O) groups excluding carboxylic acids is 2. The average Bonchev–Trinajstić information content (AvgIpc) is 3.47. The number of amides is 1. The topological polar surface area (TPSA) is 95.9 Å². The number of unbranched alkanes of at least 4 members (excludes halogenated alkanes) is 60. The second-order valence-corrected chi connectivity index (χ2v) is 26.0. The molecule has 1 amide bonds. The summed E-state index contributed by atoms with van der Waals surface area (Å²) in [5.41, 5.74) is 0. The first-order valence-electron chi connectivity index (χ1n) is 37.5. The molecule has 0 saturated heterocycles. The van der Waals surface area contributed by atoms with Gasteiger partial charge in [0, 0.05) is 12.8 Å². The smallest absolute Gasteiger partial charge is 0.305 e. The molecular formula is C75H147NO5. The first-order valence-corrected chi connectivity index (χ1v) is 37.5. The lowest BCUT2D eigenvalue weighted by atomic mass is 10.0. The second kappa shape index (κ2) is 71.1. The van der Waals surface area contributed by atoms with Gasteiger partial charge < -0.3 is 20.3 Å². The highest BCUT2D eigenvalue weighted by atomic mass is 16.5. The summed E-state index contributed by atoms with van der Waals surface area (Å²) in [6.07, 6.45) is 88.9. The zero-order valence-electron chi connectivity index (χ0n) is 55.3. The maximum Gasteiger partial charge on any atom is 0.305 e. The minimum Gasteiger partial charge on any atom is -0.466 e. The van der Waals surface area contributed by atoms with Crippen LogP contribution in [0.1, 0.15) is 431 Å². The van der Waals surface area contributed by atoms with Crippen molar-refractivity contribution in [2.45, 2.75) is 443 Å². The Hall–Kier alpha value is -1.40. The number of hydrogen-bond acceptors (Lipinski definition) is 5. The van der Waals surface area contributed by atoms with E-state index in [9.17, 15) is 19.8 Å². The van der Waals surface area contributed by atoms with Crippen molar-refractivity contribution in [3.05, 3.63) is 12.2 Å². The Bertz CT molecular complexity index is 1220. The third-order valence-corrected chi connectivity index (χ3v) is 17.8. The van der Waals surface area contributed by atoms with E-state index in [0.29, 0.717) is 19.4 Å². The van der Waals surface area contributed by atoms with Gasteiger partial charge in [0.2, 0.25) is 5.91 Å². The van der Waals surface area contributed by atoms with E-state index in [1.165, 1.54) is 366 Å². The van der Waals surface area contributed by atoms with Crippen molar-refractivity contribution < 1.29 is 24.5 Å². The number of esters is 1. The van der Waals surface area contributed by atoms with Crippen LogP contribution in [0, 0.1) is 0 Å². The van der Waals surface area contributed by atoms with E-state index in [4.69, 9.17) is 4.74 Å². The Morgan fingerprint density at radius 1 is 0.333 bits per heavy atom. The van der Waals surface area contributed by atoms with Gasteiger partial charge in [-0.05, 0) is 32.1 Å². The molecule has 6 nitrogen and oxygen atoms in total. The quantitative estimate of drug-likeness (QED) is 0.0320. The molecule has 0 aromatic carbocycles. The van der Waals surface area contributed by atoms with Gasteiger partial charge in [0.1, 0.15) is 0 Å². The Labute approximate surface area is 508 Å². The van der Waals surface area contributed by atoms with E-state index in [0.717, 1.165) is 38.5 Å². The zero-order chi connectivity index (χ0) is 58.5. The number of aliphatic hydroxyl groups is 2. The van der Waals surface area contributed by atoms with Gasteiger partial charge in [0.25, 0.3) is 0 Å². The lowest BCUT2D eigenvalue weighted by Gasteiger charge is -2.20. The fourth-order valence-electron chi connectivity index (χ4n) is 12.1. The Morgan fingerprint density at radius 2 is 0.568 bits per heavy atom. The normalized spacial score (nSPS) is 12.5. The summed E-state index contributed by atoms with van der Waals surface area (Å²) in [5.74, 6) is -0.0340. The summed E-state index contributed by atoms with van der Waals surface area (Å²) in [4.78, 5) is 24.6. The molecule has 0 aliphatic carbocycles. The molecule has 0 rings (SSSR count). The zero-order valence-corrected chi connectivity index (χ0v) is 55.3. The molecule has 0 heterocycles. The number of hydrogen-bond donors (Lipinski definition) is 3. The molecule has 0 radical (unpaired) electrons. The maximum atomic E-state index is 12.5. The fourth-order valence-corrected chi connectivity index (χ4v) is 12.1. The second-order valence-electron chi connectivity index (χ2n) is 26.0. The van der Waals surface area contributed by atoms with Crippen LogP contribution in [0.2, 0.25) is 0 Å². The van der Waals surface area contributed by atoms with Crippen molar-refractivity contribution >= 4 is 11.9 Å². The molecule has 0 fully saturated rings. The van der Waals surface area contributed by atoms with Crippen molar-refractivity contribution in [3.63, 3.8) is 0 Å². The molecule has 0 saturated carbocycles. The van der Waals surface area contributed by atoms with Crippen LogP contribution in [0.15, 0.2) is 12.2 Å². The van der Waals surface area contributed by atoms with Gasteiger partial charge in [-0.15, -0.1) is 0 Å². The van der Waals surface area contributed by atoms with Crippen LogP contribution in [-0.4, -0.2) is 47.4 Å². The molecule has 0 aromatic heterocycles. The number of ether oxygens (including phenoxy) is 1. The average molecular weight is 1140 g/mol. The molecule has 3 N–H and O–H groups in total. The molecule has 2 atom stereocenters. The number of aliphatic hydroxyl groups excluding tert-OH is 2. The summed E-state index contributed by atoms with van der Waals surface area (Å²) in [7, 11) is 0. The van der Waals surface area contributed by atoms with Crippen LogP contribution in [0.3, 0.4) is 0 Å². The summed E-state index contributed by atoms with van der Waals surface area (Å²) >= 11 is 0. The monoisotopic (exact) mass is 1140 g/mol. The highest BCUT2D eigenvalue weighted by Gasteiger charge is 2.18. The highest BCUT2D eigenvalue weighted by molar-refractivity contribution is 5.76. The van der Waals surface area contributed by atoms with Crippen molar-refractivity contribution in [2.24, 2.45) is 0 Å². The summed E-state index contributed by atoms with van der Waals surface area (Å²) in [6, 6.07) is -0.623. The van der Waals surface area contributed by atoms with Crippen molar-refractivity contribution in [1.82, 2.24) is 5.32 Å². The lowest BCUT2D eigenvalue weighted by Crippen LogP contribution is -2.45. The third-order valence-electron chi connectivity index (χ3n) is 17.8. The lowest BCUT2D eigenvalue weighted by molar-refractivity contribution is -0.143. The minimum absolute atomic E-state index is 0.0264. The van der Waals surface area contributed by atoms with Crippen molar-refractivity contribution in [1.29, 1.82) is 0 Å². The molecule has 0 aliphatic heterocycles. The predicted molar refractivity (Wildman–Crippen MR) is 357 cm³/mol. The first kappa shape index (κ1) is 79.6. The minimum atomic E-state index is -0.840. The number of carbonyl (C=O) groups is 2. The van der Waals surface area contributed by atoms with E-state index in [1.54, 1.807) is 6.08 Å².